The van der Waals surface area contributed by atoms with Crippen molar-refractivity contribution in [3.8, 4) is 11.5 Å². The summed E-state index contributed by atoms with van der Waals surface area (Å²) in [7, 11) is 3.17. The first-order chi connectivity index (χ1) is 13.3. The van der Waals surface area contributed by atoms with E-state index in [1.807, 2.05) is 18.2 Å². The summed E-state index contributed by atoms with van der Waals surface area (Å²) in [5, 5.41) is 29.0. The molecule has 0 amide bonds. The minimum atomic E-state index is -1.82. The van der Waals surface area contributed by atoms with Gasteiger partial charge in [-0.2, -0.15) is 0 Å². The molecule has 2 aromatic carbocycles. The van der Waals surface area contributed by atoms with Crippen LogP contribution < -0.4 is 14.8 Å². The molecular formula is C18H20N2O8. The van der Waals surface area contributed by atoms with Crippen LogP contribution in [0.15, 0.2) is 42.5 Å². The minimum absolute atomic E-state index is 0.118. The first-order valence-electron chi connectivity index (χ1n) is 7.90. The molecule has 0 aliphatic rings. The summed E-state index contributed by atoms with van der Waals surface area (Å²) < 4.78 is 10.6. The highest BCUT2D eigenvalue weighted by Gasteiger charge is 2.13. The molecule has 2 rings (SSSR count). The van der Waals surface area contributed by atoms with Crippen molar-refractivity contribution >= 4 is 17.6 Å². The Morgan fingerprint density at radius 1 is 0.964 bits per heavy atom. The fourth-order valence-corrected chi connectivity index (χ4v) is 2.26. The monoisotopic (exact) mass is 392 g/mol. The fraction of sp³-hybridized carbons (Fsp3) is 0.222. The molecule has 150 valence electrons. The van der Waals surface area contributed by atoms with Crippen molar-refractivity contribution in [3.63, 3.8) is 0 Å². The van der Waals surface area contributed by atoms with E-state index in [4.69, 9.17) is 29.3 Å². The highest BCUT2D eigenvalue weighted by atomic mass is 16.6. The van der Waals surface area contributed by atoms with Gasteiger partial charge in [0.25, 0.3) is 5.69 Å². The zero-order chi connectivity index (χ0) is 21.1. The molecule has 0 radical (unpaired) electrons. The fourth-order valence-electron chi connectivity index (χ4n) is 2.26. The van der Waals surface area contributed by atoms with Crippen LogP contribution >= 0.6 is 0 Å². The van der Waals surface area contributed by atoms with Gasteiger partial charge >= 0.3 is 11.9 Å². The molecule has 0 aromatic heterocycles. The molecule has 0 heterocycles. The van der Waals surface area contributed by atoms with Crippen LogP contribution in [0.2, 0.25) is 0 Å². The average molecular weight is 392 g/mol. The number of benzene rings is 2. The largest absolute Gasteiger partial charge is 0.493 e. The zero-order valence-corrected chi connectivity index (χ0v) is 15.2. The van der Waals surface area contributed by atoms with Gasteiger partial charge in [-0.05, 0) is 6.07 Å². The minimum Gasteiger partial charge on any atom is -0.493 e. The van der Waals surface area contributed by atoms with Gasteiger partial charge in [-0.25, -0.2) is 9.59 Å². The number of nitro benzene ring substituents is 1. The second-order valence-electron chi connectivity index (χ2n) is 5.25. The van der Waals surface area contributed by atoms with E-state index >= 15 is 0 Å². The third-order valence-corrected chi connectivity index (χ3v) is 3.49. The first kappa shape index (κ1) is 22.4. The van der Waals surface area contributed by atoms with Crippen molar-refractivity contribution < 1.29 is 34.2 Å². The van der Waals surface area contributed by atoms with Crippen LogP contribution in [0, 0.1) is 10.1 Å². The lowest BCUT2D eigenvalue weighted by Gasteiger charge is -2.13. The van der Waals surface area contributed by atoms with Crippen molar-refractivity contribution in [2.45, 2.75) is 13.1 Å². The molecule has 0 aliphatic heterocycles. The summed E-state index contributed by atoms with van der Waals surface area (Å²) >= 11 is 0. The van der Waals surface area contributed by atoms with E-state index in [0.717, 1.165) is 5.56 Å². The smallest absolute Gasteiger partial charge is 0.414 e. The van der Waals surface area contributed by atoms with Crippen LogP contribution in [0.5, 0.6) is 11.5 Å². The molecule has 0 unspecified atom stereocenters. The second kappa shape index (κ2) is 11.1. The maximum atomic E-state index is 11.0. The maximum absolute atomic E-state index is 11.0. The molecule has 10 nitrogen and oxygen atoms in total. The van der Waals surface area contributed by atoms with Gasteiger partial charge in [0.2, 0.25) is 0 Å². The molecule has 0 atom stereocenters. The first-order valence-corrected chi connectivity index (χ1v) is 7.90. The highest BCUT2D eigenvalue weighted by Crippen LogP contribution is 2.30. The number of rotatable bonds is 7. The quantitative estimate of drug-likeness (QED) is 0.366. The lowest BCUT2D eigenvalue weighted by molar-refractivity contribution is -0.385. The lowest BCUT2D eigenvalue weighted by atomic mass is 10.1. The van der Waals surface area contributed by atoms with Gasteiger partial charge in [-0.3, -0.25) is 10.1 Å². The Morgan fingerprint density at radius 2 is 1.54 bits per heavy atom. The van der Waals surface area contributed by atoms with Crippen LogP contribution in [0.25, 0.3) is 0 Å². The lowest BCUT2D eigenvalue weighted by Crippen LogP contribution is -2.14. The van der Waals surface area contributed by atoms with Crippen molar-refractivity contribution in [2.24, 2.45) is 0 Å². The van der Waals surface area contributed by atoms with E-state index in [9.17, 15) is 10.1 Å². The molecule has 0 fully saturated rings. The van der Waals surface area contributed by atoms with Gasteiger partial charge in [0.05, 0.1) is 19.1 Å². The molecule has 3 N–H and O–H groups in total. The Labute approximate surface area is 160 Å². The van der Waals surface area contributed by atoms with E-state index in [2.05, 4.69) is 5.32 Å². The third kappa shape index (κ3) is 6.57. The zero-order valence-electron chi connectivity index (χ0n) is 15.2. The molecule has 28 heavy (non-hydrogen) atoms. The van der Waals surface area contributed by atoms with Crippen molar-refractivity contribution in [1.82, 2.24) is 5.32 Å². The number of carboxylic acid groups (broad SMARTS) is 2. The highest BCUT2D eigenvalue weighted by molar-refractivity contribution is 6.27. The van der Waals surface area contributed by atoms with Gasteiger partial charge in [0.15, 0.2) is 11.5 Å². The number of ether oxygens (including phenoxy) is 2. The number of methoxy groups -OCH3 is 2. The summed E-state index contributed by atoms with van der Waals surface area (Å²) in [6.07, 6.45) is 0. The van der Waals surface area contributed by atoms with E-state index in [1.54, 1.807) is 32.4 Å². The number of para-hydroxylation sites is 2. The standard InChI is InChI=1S/C16H18N2O4.C2H2O4/c1-21-15-9-5-7-13(16(15)22-2)11-17-10-12-6-3-4-8-14(12)18(19)20;3-1(4)2(5)6/h3-9,17H,10-11H2,1-2H3;(H,3,4)(H,5,6). The van der Waals surface area contributed by atoms with Gasteiger partial charge in [0.1, 0.15) is 0 Å². The van der Waals surface area contributed by atoms with E-state index in [-0.39, 0.29) is 10.6 Å². The van der Waals surface area contributed by atoms with Crippen molar-refractivity contribution in [1.29, 1.82) is 0 Å². The Morgan fingerprint density at radius 3 is 2.07 bits per heavy atom. The van der Waals surface area contributed by atoms with Gasteiger partial charge in [0, 0.05) is 30.3 Å². The van der Waals surface area contributed by atoms with Gasteiger partial charge in [-0.15, -0.1) is 0 Å². The van der Waals surface area contributed by atoms with Crippen LogP contribution in [0.4, 0.5) is 5.69 Å². The number of hydrogen-bond acceptors (Lipinski definition) is 7. The van der Waals surface area contributed by atoms with E-state index < -0.39 is 11.9 Å². The molecule has 0 aliphatic carbocycles. The van der Waals surface area contributed by atoms with Crippen molar-refractivity contribution in [3.05, 3.63) is 63.7 Å². The molecule has 0 saturated heterocycles. The number of nitro groups is 1. The summed E-state index contributed by atoms with van der Waals surface area (Å²) in [6, 6.07) is 12.3. The number of aliphatic carboxylic acids is 2. The maximum Gasteiger partial charge on any atom is 0.414 e. The number of hydrogen-bond donors (Lipinski definition) is 3. The Balaban J connectivity index is 0.000000568. The van der Waals surface area contributed by atoms with Gasteiger partial charge in [-0.1, -0.05) is 30.3 Å². The Hall–Kier alpha value is -3.66. The Bertz CT molecular complexity index is 826. The second-order valence-corrected chi connectivity index (χ2v) is 5.25. The van der Waals surface area contributed by atoms with E-state index in [1.165, 1.54) is 6.07 Å². The molecule has 0 spiro atoms. The summed E-state index contributed by atoms with van der Waals surface area (Å²) in [5.74, 6) is -2.32. The number of nitrogens with zero attached hydrogens (tertiary/aromatic N) is 1. The normalized spacial score (nSPS) is 9.64. The summed E-state index contributed by atoms with van der Waals surface area (Å²) in [6.45, 7) is 0.921. The number of carbonyl (C=O) groups is 2. The molecular weight excluding hydrogens is 372 g/mol. The molecule has 2 aromatic rings. The average Bonchev–Trinajstić information content (AvgIpc) is 2.68. The van der Waals surface area contributed by atoms with Crippen molar-refractivity contribution in [2.75, 3.05) is 14.2 Å². The summed E-state index contributed by atoms with van der Waals surface area (Å²) in [4.78, 5) is 28.8. The predicted octanol–water partition coefficient (Wildman–Crippen LogP) is 2.06. The van der Waals surface area contributed by atoms with E-state index in [0.29, 0.717) is 30.2 Å². The molecule has 0 saturated carbocycles. The van der Waals surface area contributed by atoms with Crippen LogP contribution in [0.1, 0.15) is 11.1 Å². The topological polar surface area (TPSA) is 148 Å². The number of nitrogens with one attached hydrogen (secondary N) is 1. The Kier molecular flexibility index (Phi) is 8.90. The van der Waals surface area contributed by atoms with Crippen LogP contribution in [-0.2, 0) is 22.7 Å². The molecule has 0 bridgehead atoms. The third-order valence-electron chi connectivity index (χ3n) is 3.49. The van der Waals surface area contributed by atoms with Crippen LogP contribution in [0.3, 0.4) is 0 Å². The summed E-state index contributed by atoms with van der Waals surface area (Å²) in [5.41, 5.74) is 1.70. The van der Waals surface area contributed by atoms with Gasteiger partial charge < -0.3 is 25.0 Å². The predicted molar refractivity (Wildman–Crippen MR) is 98.5 cm³/mol. The molecule has 10 heteroatoms. The SMILES string of the molecule is COc1cccc(CNCc2ccccc2[N+](=O)[O-])c1OC.O=C(O)C(=O)O. The number of carboxylic acids is 2. The van der Waals surface area contributed by atoms with Crippen LogP contribution in [-0.4, -0.2) is 41.3 Å².